The average molecular weight is 352 g/mol. The first-order chi connectivity index (χ1) is 12.5. The van der Waals surface area contributed by atoms with Gasteiger partial charge in [-0.25, -0.2) is 19.5 Å². The number of aromatic nitrogens is 5. The third-order valence-corrected chi connectivity index (χ3v) is 4.77. The lowest BCUT2D eigenvalue weighted by atomic mass is 10.0. The van der Waals surface area contributed by atoms with E-state index in [9.17, 15) is 4.79 Å². The van der Waals surface area contributed by atoms with Gasteiger partial charge in [-0.15, -0.1) is 5.10 Å². The van der Waals surface area contributed by atoms with Crippen LogP contribution in [0.15, 0.2) is 24.8 Å². The number of carbonyl (C=O) groups excluding carboxylic acids is 1. The van der Waals surface area contributed by atoms with Crippen molar-refractivity contribution in [2.75, 3.05) is 11.1 Å². The maximum absolute atomic E-state index is 11.6. The average Bonchev–Trinajstić information content (AvgIpc) is 3.18. The van der Waals surface area contributed by atoms with Gasteiger partial charge >= 0.3 is 0 Å². The van der Waals surface area contributed by atoms with E-state index in [4.69, 9.17) is 11.5 Å². The number of hydrogen-bond donors (Lipinski definition) is 3. The van der Waals surface area contributed by atoms with Gasteiger partial charge in [0, 0.05) is 24.5 Å². The molecule has 3 aromatic heterocycles. The minimum absolute atomic E-state index is 0.0164. The Hall–Kier alpha value is -3.23. The van der Waals surface area contributed by atoms with Crippen LogP contribution in [0.3, 0.4) is 0 Å². The zero-order valence-corrected chi connectivity index (χ0v) is 14.4. The van der Waals surface area contributed by atoms with E-state index in [1.54, 1.807) is 16.8 Å². The zero-order chi connectivity index (χ0) is 18.3. The van der Waals surface area contributed by atoms with Crippen LogP contribution in [0.1, 0.15) is 24.8 Å². The predicted molar refractivity (Wildman–Crippen MR) is 97.1 cm³/mol. The fourth-order valence-corrected chi connectivity index (χ4v) is 3.53. The van der Waals surface area contributed by atoms with Gasteiger partial charge in [0.1, 0.15) is 12.1 Å². The highest BCUT2D eigenvalue weighted by Crippen LogP contribution is 2.31. The number of anilines is 2. The van der Waals surface area contributed by atoms with E-state index in [1.165, 1.54) is 6.33 Å². The van der Waals surface area contributed by atoms with Crippen LogP contribution in [0.25, 0.3) is 16.9 Å². The van der Waals surface area contributed by atoms with E-state index < -0.39 is 0 Å². The van der Waals surface area contributed by atoms with Crippen molar-refractivity contribution in [3.05, 3.63) is 30.4 Å². The van der Waals surface area contributed by atoms with Crippen molar-refractivity contribution in [3.63, 3.8) is 0 Å². The van der Waals surface area contributed by atoms with Gasteiger partial charge in [-0.2, -0.15) is 0 Å². The third kappa shape index (κ3) is 2.81. The van der Waals surface area contributed by atoms with Crippen LogP contribution in [-0.2, 0) is 4.79 Å². The van der Waals surface area contributed by atoms with Gasteiger partial charge in [0.05, 0.1) is 17.2 Å². The van der Waals surface area contributed by atoms with Crippen LogP contribution in [0.5, 0.6) is 0 Å². The smallest absolute Gasteiger partial charge is 0.222 e. The van der Waals surface area contributed by atoms with Crippen molar-refractivity contribution >= 4 is 23.2 Å². The molecule has 3 aromatic rings. The van der Waals surface area contributed by atoms with E-state index in [2.05, 4.69) is 25.4 Å². The minimum atomic E-state index is -0.277. The normalized spacial score (nSPS) is 19.7. The second-order valence-corrected chi connectivity index (χ2v) is 6.64. The highest BCUT2D eigenvalue weighted by atomic mass is 16.1. The Bertz CT molecular complexity index is 982. The lowest BCUT2D eigenvalue weighted by molar-refractivity contribution is -0.121. The highest BCUT2D eigenvalue weighted by Gasteiger charge is 2.31. The molecule has 3 heterocycles. The predicted octanol–water partition coefficient (Wildman–Crippen LogP) is 1.14. The molecular weight excluding hydrogens is 332 g/mol. The number of nitrogens with zero attached hydrogens (tertiary/aromatic N) is 5. The molecule has 1 fully saturated rings. The Morgan fingerprint density at radius 3 is 2.96 bits per heavy atom. The van der Waals surface area contributed by atoms with Crippen molar-refractivity contribution in [2.45, 2.75) is 32.2 Å². The van der Waals surface area contributed by atoms with Crippen LogP contribution >= 0.6 is 0 Å². The number of nitrogen functional groups attached to an aromatic ring is 1. The number of amides is 1. The molecule has 0 aliphatic heterocycles. The van der Waals surface area contributed by atoms with Gasteiger partial charge in [-0.05, 0) is 25.3 Å². The van der Waals surface area contributed by atoms with Gasteiger partial charge in [-0.1, -0.05) is 6.42 Å². The van der Waals surface area contributed by atoms with Crippen molar-refractivity contribution in [2.24, 2.45) is 11.7 Å². The molecule has 5 N–H and O–H groups in total. The lowest BCUT2D eigenvalue weighted by Crippen LogP contribution is -2.34. The molecule has 0 spiro atoms. The Morgan fingerprint density at radius 1 is 1.31 bits per heavy atom. The number of hydrogen-bond acceptors (Lipinski definition) is 7. The SMILES string of the molecule is Cc1cnc2c(-c3cc(N[C@H]4CCC[C@H]4C(N)=O)ncn3)c(N)nn2c1. The van der Waals surface area contributed by atoms with E-state index in [-0.39, 0.29) is 17.9 Å². The maximum Gasteiger partial charge on any atom is 0.222 e. The molecule has 0 bridgehead atoms. The van der Waals surface area contributed by atoms with Crippen molar-refractivity contribution in [1.29, 1.82) is 0 Å². The second kappa shape index (κ2) is 6.25. The van der Waals surface area contributed by atoms with E-state index >= 15 is 0 Å². The molecule has 0 saturated heterocycles. The highest BCUT2D eigenvalue weighted by molar-refractivity contribution is 5.85. The summed E-state index contributed by atoms with van der Waals surface area (Å²) in [7, 11) is 0. The van der Waals surface area contributed by atoms with E-state index in [0.29, 0.717) is 28.5 Å². The Balaban J connectivity index is 1.68. The van der Waals surface area contributed by atoms with Crippen molar-refractivity contribution < 1.29 is 4.79 Å². The first kappa shape index (κ1) is 16.2. The van der Waals surface area contributed by atoms with Crippen molar-refractivity contribution in [1.82, 2.24) is 24.6 Å². The number of primary amides is 1. The largest absolute Gasteiger partial charge is 0.382 e. The zero-order valence-electron chi connectivity index (χ0n) is 14.4. The van der Waals surface area contributed by atoms with Gasteiger partial charge in [-0.3, -0.25) is 4.79 Å². The van der Waals surface area contributed by atoms with Gasteiger partial charge in [0.25, 0.3) is 0 Å². The Morgan fingerprint density at radius 2 is 2.15 bits per heavy atom. The molecular formula is C17H20N8O. The Kier molecular flexibility index (Phi) is 3.90. The van der Waals surface area contributed by atoms with Crippen LogP contribution in [-0.4, -0.2) is 36.5 Å². The standard InChI is InChI=1S/C17H20N8O/c1-9-6-20-17-14(15(18)24-25(17)7-9)12-5-13(22-8-21-12)23-11-4-2-3-10(11)16(19)26/h5-8,10-11H,2-4H2,1H3,(H2,18,24)(H2,19,26)(H,21,22,23)/t10-,11+/m1/s1. The number of rotatable bonds is 4. The first-order valence-electron chi connectivity index (χ1n) is 8.51. The number of aryl methyl sites for hydroxylation is 1. The van der Waals surface area contributed by atoms with Crippen LogP contribution in [0.2, 0.25) is 0 Å². The molecule has 1 amide bonds. The summed E-state index contributed by atoms with van der Waals surface area (Å²) in [6.45, 7) is 1.94. The number of nitrogens with two attached hydrogens (primary N) is 2. The molecule has 1 aliphatic rings. The molecule has 9 nitrogen and oxygen atoms in total. The summed E-state index contributed by atoms with van der Waals surface area (Å²) >= 11 is 0. The van der Waals surface area contributed by atoms with Gasteiger partial charge in [0.2, 0.25) is 5.91 Å². The molecule has 0 radical (unpaired) electrons. The minimum Gasteiger partial charge on any atom is -0.382 e. The number of nitrogens with one attached hydrogen (secondary N) is 1. The third-order valence-electron chi connectivity index (χ3n) is 4.77. The van der Waals surface area contributed by atoms with Crippen LogP contribution in [0.4, 0.5) is 11.6 Å². The molecule has 1 aliphatic carbocycles. The number of carbonyl (C=O) groups is 1. The van der Waals surface area contributed by atoms with E-state index in [1.807, 2.05) is 13.1 Å². The maximum atomic E-state index is 11.6. The summed E-state index contributed by atoms with van der Waals surface area (Å²) in [6, 6.07) is 1.78. The molecule has 134 valence electrons. The molecule has 0 unspecified atom stereocenters. The summed E-state index contributed by atoms with van der Waals surface area (Å²) in [6.07, 6.45) is 7.73. The van der Waals surface area contributed by atoms with E-state index in [0.717, 1.165) is 24.8 Å². The molecule has 0 aromatic carbocycles. The number of fused-ring (bicyclic) bond motifs is 1. The summed E-state index contributed by atoms with van der Waals surface area (Å²) in [5.74, 6) is 0.517. The molecule has 2 atom stereocenters. The fourth-order valence-electron chi connectivity index (χ4n) is 3.53. The molecule has 4 rings (SSSR count). The van der Waals surface area contributed by atoms with Crippen LogP contribution in [0, 0.1) is 12.8 Å². The monoisotopic (exact) mass is 352 g/mol. The quantitative estimate of drug-likeness (QED) is 0.640. The van der Waals surface area contributed by atoms with Crippen LogP contribution < -0.4 is 16.8 Å². The summed E-state index contributed by atoms with van der Waals surface area (Å²) in [5.41, 5.74) is 14.5. The second-order valence-electron chi connectivity index (χ2n) is 6.64. The van der Waals surface area contributed by atoms with Gasteiger partial charge in [0.15, 0.2) is 11.5 Å². The summed E-state index contributed by atoms with van der Waals surface area (Å²) < 4.78 is 1.65. The molecule has 26 heavy (non-hydrogen) atoms. The van der Waals surface area contributed by atoms with Crippen molar-refractivity contribution in [3.8, 4) is 11.3 Å². The summed E-state index contributed by atoms with van der Waals surface area (Å²) in [4.78, 5) is 24.6. The Labute approximate surface area is 149 Å². The first-order valence-corrected chi connectivity index (χ1v) is 8.51. The summed E-state index contributed by atoms with van der Waals surface area (Å²) in [5, 5.41) is 7.62. The fraction of sp³-hybridized carbons (Fsp3) is 0.353. The molecule has 9 heteroatoms. The lowest BCUT2D eigenvalue weighted by Gasteiger charge is -2.18. The molecule has 1 saturated carbocycles. The topological polar surface area (TPSA) is 137 Å². The van der Waals surface area contributed by atoms with Gasteiger partial charge < -0.3 is 16.8 Å².